The first-order valence-corrected chi connectivity index (χ1v) is 11.2. The summed E-state index contributed by atoms with van der Waals surface area (Å²) in [7, 11) is 0. The van der Waals surface area contributed by atoms with Crippen LogP contribution in [0.25, 0.3) is 0 Å². The van der Waals surface area contributed by atoms with E-state index in [0.717, 1.165) is 29.7 Å². The van der Waals surface area contributed by atoms with Gasteiger partial charge in [0.15, 0.2) is 0 Å². The van der Waals surface area contributed by atoms with Crippen LogP contribution in [0.5, 0.6) is 0 Å². The highest BCUT2D eigenvalue weighted by atomic mass is 32.1. The van der Waals surface area contributed by atoms with Crippen LogP contribution in [-0.4, -0.2) is 29.2 Å². The fraction of sp³-hybridized carbons (Fsp3) is 0.667. The van der Waals surface area contributed by atoms with Crippen LogP contribution >= 0.6 is 11.3 Å². The van der Waals surface area contributed by atoms with E-state index in [1.807, 2.05) is 0 Å². The molecule has 3 amide bonds. The van der Waals surface area contributed by atoms with Crippen LogP contribution in [0.1, 0.15) is 66.2 Å². The topological polar surface area (TPSA) is 92.5 Å². The Morgan fingerprint density at radius 3 is 2.25 bits per heavy atom. The fourth-order valence-electron chi connectivity index (χ4n) is 6.65. The molecule has 4 bridgehead atoms. The number of rotatable bonds is 3. The molecule has 28 heavy (non-hydrogen) atoms. The number of anilines is 1. The van der Waals surface area contributed by atoms with E-state index in [1.54, 1.807) is 11.8 Å². The molecule has 1 aliphatic heterocycles. The zero-order valence-corrected chi connectivity index (χ0v) is 17.1. The number of carbonyl (C=O) groups excluding carboxylic acids is 3. The minimum atomic E-state index is -0.491. The Morgan fingerprint density at radius 1 is 1.11 bits per heavy atom. The van der Waals surface area contributed by atoms with Crippen LogP contribution in [-0.2, 0) is 22.6 Å². The minimum absolute atomic E-state index is 0.0267. The van der Waals surface area contributed by atoms with Gasteiger partial charge in [-0.3, -0.25) is 14.4 Å². The first-order chi connectivity index (χ1) is 13.3. The molecule has 2 heterocycles. The molecule has 150 valence electrons. The zero-order chi connectivity index (χ0) is 19.6. The van der Waals surface area contributed by atoms with Gasteiger partial charge in [-0.15, -0.1) is 11.3 Å². The van der Waals surface area contributed by atoms with Crippen molar-refractivity contribution < 1.29 is 14.4 Å². The number of hydrogen-bond acceptors (Lipinski definition) is 4. The Labute approximate surface area is 168 Å². The van der Waals surface area contributed by atoms with Gasteiger partial charge in [0.2, 0.25) is 11.8 Å². The summed E-state index contributed by atoms with van der Waals surface area (Å²) in [6.07, 6.45) is 7.42. The van der Waals surface area contributed by atoms with Crippen molar-refractivity contribution >= 4 is 34.1 Å². The molecule has 3 N–H and O–H groups in total. The van der Waals surface area contributed by atoms with E-state index >= 15 is 0 Å². The molecule has 1 aromatic heterocycles. The molecule has 6 nitrogen and oxygen atoms in total. The molecule has 0 unspecified atom stereocenters. The molecular weight excluding hydrogens is 374 g/mol. The monoisotopic (exact) mass is 401 g/mol. The van der Waals surface area contributed by atoms with Crippen molar-refractivity contribution in [1.82, 2.24) is 4.90 Å². The summed E-state index contributed by atoms with van der Waals surface area (Å²) >= 11 is 1.42. The van der Waals surface area contributed by atoms with Gasteiger partial charge in [0.25, 0.3) is 5.91 Å². The molecule has 0 radical (unpaired) electrons. The molecule has 4 saturated carbocycles. The summed E-state index contributed by atoms with van der Waals surface area (Å²) in [5.41, 5.74) is 6.80. The fourth-order valence-corrected chi connectivity index (χ4v) is 7.91. The minimum Gasteiger partial charge on any atom is -0.365 e. The highest BCUT2D eigenvalue weighted by molar-refractivity contribution is 7.17. The van der Waals surface area contributed by atoms with Crippen LogP contribution in [0.3, 0.4) is 0 Å². The van der Waals surface area contributed by atoms with Crippen molar-refractivity contribution in [2.45, 2.75) is 58.4 Å². The van der Waals surface area contributed by atoms with Gasteiger partial charge in [0, 0.05) is 18.3 Å². The van der Waals surface area contributed by atoms with Gasteiger partial charge in [0.05, 0.1) is 17.5 Å². The van der Waals surface area contributed by atoms with Crippen molar-refractivity contribution in [2.75, 3.05) is 11.9 Å². The van der Waals surface area contributed by atoms with Gasteiger partial charge >= 0.3 is 0 Å². The number of fused-ring (bicyclic) bond motifs is 1. The predicted octanol–water partition coefficient (Wildman–Crippen LogP) is 2.91. The third-order valence-electron chi connectivity index (χ3n) is 7.50. The number of nitrogens with two attached hydrogens (primary N) is 1. The second-order valence-electron chi connectivity index (χ2n) is 9.41. The highest BCUT2D eigenvalue weighted by Crippen LogP contribution is 2.60. The van der Waals surface area contributed by atoms with Crippen LogP contribution in [0.4, 0.5) is 5.00 Å². The summed E-state index contributed by atoms with van der Waals surface area (Å²) in [6, 6.07) is 0. The van der Waals surface area contributed by atoms with Crippen molar-refractivity contribution in [3.63, 3.8) is 0 Å². The molecule has 0 spiro atoms. The molecule has 4 fully saturated rings. The quantitative estimate of drug-likeness (QED) is 0.816. The summed E-state index contributed by atoms with van der Waals surface area (Å²) in [6.45, 7) is 2.63. The largest absolute Gasteiger partial charge is 0.365 e. The van der Waals surface area contributed by atoms with Gasteiger partial charge in [-0.2, -0.15) is 0 Å². The summed E-state index contributed by atoms with van der Waals surface area (Å²) < 4.78 is 0. The van der Waals surface area contributed by atoms with E-state index in [0.29, 0.717) is 47.8 Å². The van der Waals surface area contributed by atoms with E-state index in [2.05, 4.69) is 5.32 Å². The second kappa shape index (κ2) is 6.31. The van der Waals surface area contributed by atoms with E-state index in [9.17, 15) is 14.4 Å². The first-order valence-electron chi connectivity index (χ1n) is 10.4. The maximum Gasteiger partial charge on any atom is 0.251 e. The number of carbonyl (C=O) groups is 3. The maximum atomic E-state index is 13.4. The lowest BCUT2D eigenvalue weighted by Crippen LogP contribution is -2.51. The van der Waals surface area contributed by atoms with E-state index in [-0.39, 0.29) is 17.2 Å². The smallest absolute Gasteiger partial charge is 0.251 e. The Morgan fingerprint density at radius 2 is 1.71 bits per heavy atom. The van der Waals surface area contributed by atoms with Gasteiger partial charge in [-0.1, -0.05) is 0 Å². The van der Waals surface area contributed by atoms with Crippen molar-refractivity contribution in [1.29, 1.82) is 0 Å². The molecule has 7 heteroatoms. The van der Waals surface area contributed by atoms with Crippen LogP contribution in [0.2, 0.25) is 0 Å². The lowest BCUT2D eigenvalue weighted by molar-refractivity contribution is -0.140. The molecule has 0 saturated heterocycles. The third kappa shape index (κ3) is 2.78. The van der Waals surface area contributed by atoms with Gasteiger partial charge in [0.1, 0.15) is 5.00 Å². The first kappa shape index (κ1) is 18.2. The Kier molecular flexibility index (Phi) is 4.09. The molecule has 0 atom stereocenters. The maximum absolute atomic E-state index is 13.4. The molecule has 5 aliphatic rings. The van der Waals surface area contributed by atoms with E-state index in [4.69, 9.17) is 5.73 Å². The van der Waals surface area contributed by atoms with E-state index in [1.165, 1.54) is 30.6 Å². The Bertz CT molecular complexity index is 839. The number of nitrogens with one attached hydrogen (secondary N) is 1. The lowest BCUT2D eigenvalue weighted by atomic mass is 9.49. The van der Waals surface area contributed by atoms with Gasteiger partial charge in [-0.25, -0.2) is 0 Å². The van der Waals surface area contributed by atoms with Gasteiger partial charge in [-0.05, 0) is 68.3 Å². The summed E-state index contributed by atoms with van der Waals surface area (Å²) in [5.74, 6) is 1.68. The predicted molar refractivity (Wildman–Crippen MR) is 107 cm³/mol. The molecule has 0 aromatic carbocycles. The molecule has 6 rings (SSSR count). The number of thiophene rings is 1. The van der Waals surface area contributed by atoms with Crippen LogP contribution in [0, 0.1) is 23.2 Å². The SMILES string of the molecule is CC(=O)N1CCc2c(sc(NC(=O)C34CC5CC(CC(C5)C3)C4)c2C(N)=O)C1. The summed E-state index contributed by atoms with van der Waals surface area (Å²) in [5, 5.41) is 3.71. The highest BCUT2D eigenvalue weighted by Gasteiger charge is 2.54. The van der Waals surface area contributed by atoms with Crippen molar-refractivity contribution in [3.8, 4) is 0 Å². The molecular formula is C21H27N3O3S. The number of primary amides is 1. The van der Waals surface area contributed by atoms with E-state index < -0.39 is 5.91 Å². The lowest BCUT2D eigenvalue weighted by Gasteiger charge is -2.55. The number of hydrogen-bond donors (Lipinski definition) is 2. The Balaban J connectivity index is 1.43. The molecule has 4 aliphatic carbocycles. The average molecular weight is 402 g/mol. The second-order valence-corrected chi connectivity index (χ2v) is 10.5. The summed E-state index contributed by atoms with van der Waals surface area (Å²) in [4.78, 5) is 40.1. The zero-order valence-electron chi connectivity index (χ0n) is 16.3. The molecule has 1 aromatic rings. The van der Waals surface area contributed by atoms with Crippen molar-refractivity contribution in [2.24, 2.45) is 28.9 Å². The van der Waals surface area contributed by atoms with Crippen molar-refractivity contribution in [3.05, 3.63) is 16.0 Å². The number of nitrogens with zero attached hydrogens (tertiary/aromatic N) is 1. The normalized spacial score (nSPS) is 32.9. The van der Waals surface area contributed by atoms with Crippen LogP contribution in [0.15, 0.2) is 0 Å². The standard InChI is InChI=1S/C21H27N3O3S/c1-11(25)24-3-2-15-16(10-24)28-19(17(15)18(22)26)23-20(27)21-7-12-4-13(8-21)6-14(5-12)9-21/h12-14H,2-10H2,1H3,(H2,22,26)(H,23,27). The number of amides is 3. The van der Waals surface area contributed by atoms with Gasteiger partial charge < -0.3 is 16.0 Å². The van der Waals surface area contributed by atoms with Crippen LogP contribution < -0.4 is 11.1 Å². The Hall–Kier alpha value is -1.89. The average Bonchev–Trinajstić information content (AvgIpc) is 2.97. The third-order valence-corrected chi connectivity index (χ3v) is 8.63.